The molecular weight excluding hydrogens is 428 g/mol. The first kappa shape index (κ1) is 22.5. The molecule has 2 aromatic carbocycles. The van der Waals surface area contributed by atoms with Gasteiger partial charge in [-0.1, -0.05) is 37.2 Å². The van der Waals surface area contributed by atoms with Crippen LogP contribution in [0.3, 0.4) is 0 Å². The number of benzene rings is 2. The summed E-state index contributed by atoms with van der Waals surface area (Å²) in [5, 5.41) is 7.13. The highest BCUT2D eigenvalue weighted by molar-refractivity contribution is 6.02. The summed E-state index contributed by atoms with van der Waals surface area (Å²) in [6.45, 7) is 6.64. The molecule has 2 unspecified atom stereocenters. The average Bonchev–Trinajstić information content (AvgIpc) is 3.58. The molecule has 178 valence electrons. The molecule has 3 aromatic rings. The minimum Gasteiger partial charge on any atom is -0.496 e. The summed E-state index contributed by atoms with van der Waals surface area (Å²) in [5.41, 5.74) is 6.61. The largest absolute Gasteiger partial charge is 0.496 e. The molecule has 5 rings (SSSR count). The van der Waals surface area contributed by atoms with Crippen molar-refractivity contribution in [3.8, 4) is 33.9 Å². The van der Waals surface area contributed by atoms with Crippen molar-refractivity contribution in [3.05, 3.63) is 52.7 Å². The number of hydrogen-bond acceptors (Lipinski definition) is 5. The number of methoxy groups -OCH3 is 2. The molecule has 1 aromatic heterocycles. The topological polar surface area (TPSA) is 73.6 Å². The zero-order chi connectivity index (χ0) is 24.0. The van der Waals surface area contributed by atoms with E-state index in [1.54, 1.807) is 14.2 Å². The van der Waals surface area contributed by atoms with Crippen molar-refractivity contribution in [1.29, 1.82) is 0 Å². The highest BCUT2D eigenvalue weighted by Crippen LogP contribution is 2.54. The van der Waals surface area contributed by atoms with Gasteiger partial charge in [-0.3, -0.25) is 4.79 Å². The second-order valence-corrected chi connectivity index (χ2v) is 9.59. The summed E-state index contributed by atoms with van der Waals surface area (Å²) in [6.07, 6.45) is 3.76. The fourth-order valence-electron chi connectivity index (χ4n) is 5.70. The minimum atomic E-state index is -0.244. The van der Waals surface area contributed by atoms with E-state index in [9.17, 15) is 4.79 Å². The van der Waals surface area contributed by atoms with Crippen molar-refractivity contribution in [2.75, 3.05) is 20.8 Å². The third-order valence-electron chi connectivity index (χ3n) is 7.35. The number of nitrogens with one attached hydrogen (secondary N) is 1. The van der Waals surface area contributed by atoms with Crippen LogP contribution < -0.4 is 14.8 Å². The highest BCUT2D eigenvalue weighted by Gasteiger charge is 2.37. The number of ether oxygens (including phenoxy) is 2. The van der Waals surface area contributed by atoms with Crippen LogP contribution in [0.2, 0.25) is 0 Å². The van der Waals surface area contributed by atoms with Crippen LogP contribution >= 0.6 is 0 Å². The molecule has 2 atom stereocenters. The molecule has 2 aliphatic rings. The van der Waals surface area contributed by atoms with Crippen molar-refractivity contribution >= 4 is 5.91 Å². The van der Waals surface area contributed by atoms with E-state index in [-0.39, 0.29) is 11.8 Å². The monoisotopic (exact) mass is 460 g/mol. The van der Waals surface area contributed by atoms with Crippen LogP contribution in [0, 0.1) is 0 Å². The van der Waals surface area contributed by atoms with Crippen molar-refractivity contribution in [2.24, 2.45) is 0 Å². The molecule has 34 heavy (non-hydrogen) atoms. The van der Waals surface area contributed by atoms with Gasteiger partial charge in [0, 0.05) is 12.6 Å². The van der Waals surface area contributed by atoms with Crippen LogP contribution in [0.4, 0.5) is 0 Å². The molecule has 0 saturated heterocycles. The molecule has 0 aliphatic heterocycles. The van der Waals surface area contributed by atoms with Crippen LogP contribution in [0.1, 0.15) is 85.0 Å². The van der Waals surface area contributed by atoms with Gasteiger partial charge in [-0.2, -0.15) is 0 Å². The Morgan fingerprint density at radius 2 is 1.82 bits per heavy atom. The van der Waals surface area contributed by atoms with Crippen molar-refractivity contribution in [3.63, 3.8) is 0 Å². The maximum atomic E-state index is 13.0. The van der Waals surface area contributed by atoms with Gasteiger partial charge in [0.15, 0.2) is 11.5 Å². The highest BCUT2D eigenvalue weighted by atomic mass is 16.5. The van der Waals surface area contributed by atoms with Gasteiger partial charge in [0.25, 0.3) is 5.91 Å². The Labute approximate surface area is 200 Å². The fraction of sp³-hybridized carbons (Fsp3) is 0.429. The molecule has 2 bridgehead atoms. The van der Waals surface area contributed by atoms with Gasteiger partial charge in [-0.25, -0.2) is 0 Å². The molecule has 0 radical (unpaired) electrons. The fourth-order valence-corrected chi connectivity index (χ4v) is 5.70. The molecule has 2 aliphatic carbocycles. The minimum absolute atomic E-state index is 0.226. The molecule has 1 fully saturated rings. The van der Waals surface area contributed by atoms with Crippen LogP contribution in [-0.2, 0) is 0 Å². The standard InChI is InChI=1S/C28H32N2O4/c1-6-29-28(31)26-25(18-9-10-19-16-7-8-17(11-16)21(19)12-18)27(34-30-26)22-13-20(15(2)3)23(32-4)14-24(22)33-5/h9-10,12-17H,6-8,11H2,1-5H3,(H,29,31). The van der Waals surface area contributed by atoms with Crippen LogP contribution in [0.15, 0.2) is 34.9 Å². The smallest absolute Gasteiger partial charge is 0.274 e. The lowest BCUT2D eigenvalue weighted by molar-refractivity contribution is 0.0947. The molecule has 6 nitrogen and oxygen atoms in total. The Morgan fingerprint density at radius 3 is 2.50 bits per heavy atom. The van der Waals surface area contributed by atoms with Gasteiger partial charge < -0.3 is 19.3 Å². The Balaban J connectivity index is 1.72. The normalized spacial score (nSPS) is 18.3. The number of nitrogens with zero attached hydrogens (tertiary/aromatic N) is 1. The van der Waals surface area contributed by atoms with E-state index in [0.717, 1.165) is 22.4 Å². The SMILES string of the molecule is CCNC(=O)c1noc(-c2cc(C(C)C)c(OC)cc2OC)c1-c1ccc2c(c1)C1CCC2C1. The van der Waals surface area contributed by atoms with E-state index in [4.69, 9.17) is 14.0 Å². The second-order valence-electron chi connectivity index (χ2n) is 9.59. The first-order valence-corrected chi connectivity index (χ1v) is 12.1. The molecule has 1 amide bonds. The van der Waals surface area contributed by atoms with E-state index >= 15 is 0 Å². The van der Waals surface area contributed by atoms with E-state index in [1.807, 2.05) is 19.1 Å². The zero-order valence-electron chi connectivity index (χ0n) is 20.5. The number of fused-ring (bicyclic) bond motifs is 5. The number of aromatic nitrogens is 1. The lowest BCUT2D eigenvalue weighted by Crippen LogP contribution is -2.23. The van der Waals surface area contributed by atoms with Crippen molar-refractivity contribution in [2.45, 2.75) is 57.8 Å². The quantitative estimate of drug-likeness (QED) is 0.450. The van der Waals surface area contributed by atoms with Crippen molar-refractivity contribution in [1.82, 2.24) is 10.5 Å². The van der Waals surface area contributed by atoms with E-state index in [0.29, 0.717) is 41.1 Å². The summed E-state index contributed by atoms with van der Waals surface area (Å²) in [5.74, 6) is 3.17. The Bertz CT molecular complexity index is 1240. The number of carbonyl (C=O) groups is 1. The van der Waals surface area contributed by atoms with E-state index in [2.05, 4.69) is 42.5 Å². The Hall–Kier alpha value is -3.28. The Morgan fingerprint density at radius 1 is 1.09 bits per heavy atom. The van der Waals surface area contributed by atoms with E-state index in [1.165, 1.54) is 30.4 Å². The van der Waals surface area contributed by atoms with Gasteiger partial charge in [0.05, 0.1) is 25.3 Å². The van der Waals surface area contributed by atoms with E-state index < -0.39 is 0 Å². The van der Waals surface area contributed by atoms with Gasteiger partial charge in [-0.05, 0) is 72.3 Å². The van der Waals surface area contributed by atoms with Crippen LogP contribution in [0.5, 0.6) is 11.5 Å². The summed E-state index contributed by atoms with van der Waals surface area (Å²) in [6, 6.07) is 10.5. The lowest BCUT2D eigenvalue weighted by atomic mass is 9.88. The third-order valence-corrected chi connectivity index (χ3v) is 7.35. The number of hydrogen-bond donors (Lipinski definition) is 1. The maximum Gasteiger partial charge on any atom is 0.274 e. The molecular formula is C28H32N2O4. The number of amides is 1. The van der Waals surface area contributed by atoms with Crippen LogP contribution in [0.25, 0.3) is 22.5 Å². The molecule has 1 heterocycles. The first-order valence-electron chi connectivity index (χ1n) is 12.1. The zero-order valence-corrected chi connectivity index (χ0v) is 20.5. The first-order chi connectivity index (χ1) is 16.5. The maximum absolute atomic E-state index is 13.0. The van der Waals surface area contributed by atoms with Gasteiger partial charge in [-0.15, -0.1) is 0 Å². The third kappa shape index (κ3) is 3.56. The number of carbonyl (C=O) groups excluding carboxylic acids is 1. The average molecular weight is 461 g/mol. The second kappa shape index (κ2) is 8.82. The van der Waals surface area contributed by atoms with Crippen LogP contribution in [-0.4, -0.2) is 31.8 Å². The lowest BCUT2D eigenvalue weighted by Gasteiger charge is -2.18. The molecule has 0 spiro atoms. The molecule has 1 N–H and O–H groups in total. The van der Waals surface area contributed by atoms with Gasteiger partial charge in [0.1, 0.15) is 11.5 Å². The van der Waals surface area contributed by atoms with Gasteiger partial charge >= 0.3 is 0 Å². The summed E-state index contributed by atoms with van der Waals surface area (Å²) in [7, 11) is 3.28. The predicted molar refractivity (Wildman–Crippen MR) is 132 cm³/mol. The molecule has 6 heteroatoms. The molecule has 1 saturated carbocycles. The summed E-state index contributed by atoms with van der Waals surface area (Å²) >= 11 is 0. The predicted octanol–water partition coefficient (Wildman–Crippen LogP) is 6.26. The summed E-state index contributed by atoms with van der Waals surface area (Å²) in [4.78, 5) is 13.0. The number of rotatable bonds is 7. The Kier molecular flexibility index (Phi) is 5.84. The van der Waals surface area contributed by atoms with Gasteiger partial charge in [0.2, 0.25) is 0 Å². The van der Waals surface area contributed by atoms with Crippen molar-refractivity contribution < 1.29 is 18.8 Å². The summed E-state index contributed by atoms with van der Waals surface area (Å²) < 4.78 is 17.3.